The highest BCUT2D eigenvalue weighted by Gasteiger charge is 2.33. The molecular formula is C37H60N8O11S2. The van der Waals surface area contributed by atoms with E-state index in [0.29, 0.717) is 17.7 Å². The Morgan fingerprint density at radius 1 is 0.741 bits per heavy atom. The van der Waals surface area contributed by atoms with Crippen LogP contribution < -0.4 is 43.0 Å². The molecule has 8 atom stereocenters. The molecule has 0 aliphatic carbocycles. The molecule has 8 unspecified atom stereocenters. The molecule has 0 radical (unpaired) electrons. The molecule has 0 spiro atoms. The summed E-state index contributed by atoms with van der Waals surface area (Å²) in [6.07, 6.45) is 2.36. The van der Waals surface area contributed by atoms with Gasteiger partial charge in [0.05, 0.1) is 19.2 Å². The minimum absolute atomic E-state index is 0.00724. The van der Waals surface area contributed by atoms with Crippen molar-refractivity contribution in [3.05, 3.63) is 29.8 Å². The Morgan fingerprint density at radius 2 is 1.29 bits per heavy atom. The maximum absolute atomic E-state index is 13.6. The van der Waals surface area contributed by atoms with Gasteiger partial charge < -0.3 is 58.3 Å². The van der Waals surface area contributed by atoms with Crippen LogP contribution in [0.1, 0.15) is 59.4 Å². The molecule has 326 valence electrons. The molecule has 0 bridgehead atoms. The lowest BCUT2D eigenvalue weighted by atomic mass is 9.96. The first-order valence-electron chi connectivity index (χ1n) is 18.8. The van der Waals surface area contributed by atoms with Gasteiger partial charge in [-0.25, -0.2) is 4.79 Å². The van der Waals surface area contributed by atoms with Crippen LogP contribution in [0.2, 0.25) is 0 Å². The smallest absolute Gasteiger partial charge is 0.326 e. The van der Waals surface area contributed by atoms with Gasteiger partial charge in [0.1, 0.15) is 42.0 Å². The number of carboxylic acid groups (broad SMARTS) is 1. The average Bonchev–Trinajstić information content (AvgIpc) is 3.17. The molecular weight excluding hydrogens is 797 g/mol. The van der Waals surface area contributed by atoms with E-state index in [4.69, 9.17) is 5.73 Å². The summed E-state index contributed by atoms with van der Waals surface area (Å²) in [6, 6.07) is -2.66. The van der Waals surface area contributed by atoms with Crippen LogP contribution in [0.4, 0.5) is 0 Å². The molecule has 1 aromatic rings. The van der Waals surface area contributed by atoms with Crippen LogP contribution in [0.15, 0.2) is 24.3 Å². The predicted octanol–water partition coefficient (Wildman–Crippen LogP) is -1.84. The zero-order valence-electron chi connectivity index (χ0n) is 33.7. The first-order chi connectivity index (χ1) is 27.3. The SMILES string of the molecule is CCC(C)C(NC(=O)C(CC(C)C)NC(=O)CNC(=O)C(CCSC)NC(=O)C(CO)NC(=O)C(CS)NC(=O)C(C)N)C(=O)NC(Cc1ccc(O)cc1)C(=O)O. The molecule has 58 heavy (non-hydrogen) atoms. The Hall–Kier alpha value is -4.60. The Balaban J connectivity index is 3.03. The molecule has 1 aromatic carbocycles. The maximum atomic E-state index is 13.6. The van der Waals surface area contributed by atoms with Crippen molar-refractivity contribution in [2.45, 2.75) is 103 Å². The number of nitrogens with one attached hydrogen (secondary N) is 7. The van der Waals surface area contributed by atoms with Crippen molar-refractivity contribution < 1.29 is 53.7 Å². The molecule has 0 aliphatic heterocycles. The normalized spacial score (nSPS) is 15.2. The molecule has 0 fully saturated rings. The molecule has 12 N–H and O–H groups in total. The highest BCUT2D eigenvalue weighted by Crippen LogP contribution is 2.14. The highest BCUT2D eigenvalue weighted by molar-refractivity contribution is 7.98. The van der Waals surface area contributed by atoms with Crippen LogP contribution in [-0.2, 0) is 44.8 Å². The van der Waals surface area contributed by atoms with E-state index in [9.17, 15) is 53.7 Å². The van der Waals surface area contributed by atoms with E-state index in [1.807, 2.05) is 13.8 Å². The second-order valence-electron chi connectivity index (χ2n) is 14.2. The summed E-state index contributed by atoms with van der Waals surface area (Å²) in [4.78, 5) is 103. The van der Waals surface area contributed by atoms with Crippen LogP contribution in [0.25, 0.3) is 0 Å². The van der Waals surface area contributed by atoms with Crippen molar-refractivity contribution >= 4 is 71.7 Å². The van der Waals surface area contributed by atoms with Gasteiger partial charge >= 0.3 is 5.97 Å². The van der Waals surface area contributed by atoms with Crippen LogP contribution >= 0.6 is 24.4 Å². The number of aliphatic hydroxyl groups is 1. The molecule has 21 heteroatoms. The van der Waals surface area contributed by atoms with Gasteiger partial charge in [0.15, 0.2) is 0 Å². The van der Waals surface area contributed by atoms with Crippen LogP contribution in [0, 0.1) is 11.8 Å². The van der Waals surface area contributed by atoms with Crippen molar-refractivity contribution in [2.24, 2.45) is 17.6 Å². The van der Waals surface area contributed by atoms with Crippen molar-refractivity contribution in [3.63, 3.8) is 0 Å². The number of carboxylic acids is 1. The number of carbonyl (C=O) groups is 8. The largest absolute Gasteiger partial charge is 0.508 e. The lowest BCUT2D eigenvalue weighted by Gasteiger charge is -2.28. The fraction of sp³-hybridized carbons (Fsp3) is 0.622. The third-order valence-electron chi connectivity index (χ3n) is 8.85. The lowest BCUT2D eigenvalue weighted by molar-refractivity contribution is -0.142. The summed E-state index contributed by atoms with van der Waals surface area (Å²) in [6.45, 7) is 7.07. The number of hydrogen-bond donors (Lipinski definition) is 12. The van der Waals surface area contributed by atoms with Gasteiger partial charge in [-0.15, -0.1) is 0 Å². The van der Waals surface area contributed by atoms with E-state index < -0.39 is 109 Å². The number of nitrogens with two attached hydrogens (primary N) is 1. The number of thioether (sulfide) groups is 1. The number of aromatic hydroxyl groups is 1. The minimum atomic E-state index is -1.51. The third kappa shape index (κ3) is 18.3. The summed E-state index contributed by atoms with van der Waals surface area (Å²) in [7, 11) is 0. The number of phenolic OH excluding ortho intramolecular Hbond substituents is 1. The topological polar surface area (TPSA) is 307 Å². The second kappa shape index (κ2) is 26.4. The summed E-state index contributed by atoms with van der Waals surface area (Å²) >= 11 is 5.42. The summed E-state index contributed by atoms with van der Waals surface area (Å²) in [5, 5.41) is 46.6. The van der Waals surface area contributed by atoms with Gasteiger partial charge in [0.25, 0.3) is 0 Å². The standard InChI is InChI=1S/C37H60N8O11S2/c1-7-20(4)30(36(54)42-26(37(55)56)15-22-8-10-23(47)11-9-22)45-33(51)25(14-19(2)3)40-29(48)16-39-32(50)24(12-13-58-6)41-34(52)27(17-46)43-35(53)28(18-57)44-31(49)21(5)38/h8-11,19-21,24-28,30,46-47,57H,7,12-18,38H2,1-6H3,(H,39,50)(H,40,48)(H,41,52)(H,42,54)(H,43,53)(H,44,49)(H,45,51)(H,55,56). The molecule has 0 saturated carbocycles. The Bertz CT molecular complexity index is 1550. The number of hydrogen-bond acceptors (Lipinski definition) is 13. The van der Waals surface area contributed by atoms with Gasteiger partial charge in [-0.05, 0) is 61.3 Å². The lowest BCUT2D eigenvalue weighted by Crippen LogP contribution is -2.59. The molecule has 0 heterocycles. The molecule has 0 saturated heterocycles. The molecule has 1 rings (SSSR count). The van der Waals surface area contributed by atoms with Crippen molar-refractivity contribution in [1.29, 1.82) is 0 Å². The van der Waals surface area contributed by atoms with Crippen LogP contribution in [-0.4, -0.2) is 136 Å². The van der Waals surface area contributed by atoms with E-state index >= 15 is 0 Å². The number of phenols is 1. The summed E-state index contributed by atoms with van der Waals surface area (Å²) < 4.78 is 0. The third-order valence-corrected chi connectivity index (χ3v) is 9.86. The van der Waals surface area contributed by atoms with Crippen molar-refractivity contribution in [3.8, 4) is 5.75 Å². The summed E-state index contributed by atoms with van der Waals surface area (Å²) in [5.41, 5.74) is 6.08. The fourth-order valence-corrected chi connectivity index (χ4v) is 5.99. The van der Waals surface area contributed by atoms with E-state index in [0.717, 1.165) is 0 Å². The van der Waals surface area contributed by atoms with E-state index in [1.165, 1.54) is 43.0 Å². The van der Waals surface area contributed by atoms with E-state index in [1.54, 1.807) is 20.1 Å². The van der Waals surface area contributed by atoms with E-state index in [2.05, 4.69) is 49.8 Å². The van der Waals surface area contributed by atoms with Gasteiger partial charge in [0, 0.05) is 12.2 Å². The first kappa shape index (κ1) is 51.4. The summed E-state index contributed by atoms with van der Waals surface area (Å²) in [5.74, 6) is -6.98. The second-order valence-corrected chi connectivity index (χ2v) is 15.6. The molecule has 7 amide bonds. The number of carbonyl (C=O) groups excluding carboxylic acids is 7. The minimum Gasteiger partial charge on any atom is -0.508 e. The number of amides is 7. The number of aliphatic carboxylic acids is 1. The number of rotatable bonds is 26. The first-order valence-corrected chi connectivity index (χ1v) is 20.9. The quantitative estimate of drug-likeness (QED) is 0.0457. The van der Waals surface area contributed by atoms with Crippen molar-refractivity contribution in [1.82, 2.24) is 37.2 Å². The number of benzene rings is 1. The monoisotopic (exact) mass is 856 g/mol. The maximum Gasteiger partial charge on any atom is 0.326 e. The number of thiol groups is 1. The van der Waals surface area contributed by atoms with Gasteiger partial charge in [-0.3, -0.25) is 33.6 Å². The van der Waals surface area contributed by atoms with Crippen molar-refractivity contribution in [2.75, 3.05) is 30.9 Å². The molecule has 0 aromatic heterocycles. The molecule has 0 aliphatic rings. The predicted molar refractivity (Wildman–Crippen MR) is 221 cm³/mol. The van der Waals surface area contributed by atoms with Gasteiger partial charge in [-0.2, -0.15) is 24.4 Å². The van der Waals surface area contributed by atoms with Crippen LogP contribution in [0.3, 0.4) is 0 Å². The Labute approximate surface area is 348 Å². The average molecular weight is 857 g/mol. The zero-order valence-corrected chi connectivity index (χ0v) is 35.4. The van der Waals surface area contributed by atoms with E-state index in [-0.39, 0.29) is 36.7 Å². The van der Waals surface area contributed by atoms with Gasteiger partial charge in [-0.1, -0.05) is 46.2 Å². The fourth-order valence-electron chi connectivity index (χ4n) is 5.26. The highest BCUT2D eigenvalue weighted by atomic mass is 32.2. The van der Waals surface area contributed by atoms with Crippen LogP contribution in [0.5, 0.6) is 5.75 Å². The number of aliphatic hydroxyl groups excluding tert-OH is 1. The Kier molecular flexibility index (Phi) is 23.4. The zero-order chi connectivity index (χ0) is 44.1. The molecule has 19 nitrogen and oxygen atoms in total. The Morgan fingerprint density at radius 3 is 1.81 bits per heavy atom. The van der Waals surface area contributed by atoms with Gasteiger partial charge in [0.2, 0.25) is 41.4 Å².